The van der Waals surface area contributed by atoms with Crippen LogP contribution in [0.1, 0.15) is 11.1 Å². The van der Waals surface area contributed by atoms with Crippen molar-refractivity contribution < 1.29 is 13.9 Å². The number of benzene rings is 2. The molecule has 1 amide bonds. The van der Waals surface area contributed by atoms with Crippen LogP contribution in [0.25, 0.3) is 0 Å². The second-order valence-corrected chi connectivity index (χ2v) is 4.98. The fraction of sp³-hybridized carbons (Fsp3) is 0.188. The summed E-state index contributed by atoms with van der Waals surface area (Å²) in [6.07, 6.45) is 0.220. The Morgan fingerprint density at radius 2 is 2.10 bits per heavy atom. The zero-order chi connectivity index (χ0) is 15.2. The van der Waals surface area contributed by atoms with Crippen LogP contribution in [-0.4, -0.2) is 13.0 Å². The number of halogens is 2. The maximum atomic E-state index is 13.2. The second-order valence-electron chi connectivity index (χ2n) is 4.54. The van der Waals surface area contributed by atoms with Gasteiger partial charge in [-0.15, -0.1) is 0 Å². The zero-order valence-electron chi connectivity index (χ0n) is 11.5. The van der Waals surface area contributed by atoms with Crippen molar-refractivity contribution in [2.75, 3.05) is 7.11 Å². The molecular weight excluding hydrogens is 293 g/mol. The standard InChI is InChI=1S/C16H15ClFNO2/c1-21-15-6-5-14(18)9-12(15)10-19-16(20)8-11-3-2-4-13(17)7-11/h2-7,9H,8,10H2,1H3,(H,19,20). The van der Waals surface area contributed by atoms with E-state index in [0.29, 0.717) is 16.3 Å². The maximum Gasteiger partial charge on any atom is 0.224 e. The van der Waals surface area contributed by atoms with Crippen molar-refractivity contribution in [3.63, 3.8) is 0 Å². The molecule has 0 bridgehead atoms. The molecule has 0 saturated carbocycles. The highest BCUT2D eigenvalue weighted by Crippen LogP contribution is 2.19. The molecule has 5 heteroatoms. The number of amides is 1. The smallest absolute Gasteiger partial charge is 0.224 e. The van der Waals surface area contributed by atoms with E-state index in [1.807, 2.05) is 6.07 Å². The molecule has 0 heterocycles. The number of ether oxygens (including phenoxy) is 1. The predicted molar refractivity (Wildman–Crippen MR) is 80.0 cm³/mol. The third kappa shape index (κ3) is 4.46. The molecule has 0 fully saturated rings. The number of carbonyl (C=O) groups excluding carboxylic acids is 1. The average Bonchev–Trinajstić information content (AvgIpc) is 2.45. The first-order valence-electron chi connectivity index (χ1n) is 6.42. The minimum absolute atomic E-state index is 0.163. The molecule has 2 aromatic rings. The molecule has 0 aromatic heterocycles. The third-order valence-electron chi connectivity index (χ3n) is 2.97. The lowest BCUT2D eigenvalue weighted by Crippen LogP contribution is -2.24. The summed E-state index contributed by atoms with van der Waals surface area (Å²) in [7, 11) is 1.50. The summed E-state index contributed by atoms with van der Waals surface area (Å²) < 4.78 is 18.3. The van der Waals surface area contributed by atoms with E-state index in [9.17, 15) is 9.18 Å². The van der Waals surface area contributed by atoms with E-state index in [0.717, 1.165) is 5.56 Å². The molecule has 0 atom stereocenters. The lowest BCUT2D eigenvalue weighted by Gasteiger charge is -2.10. The average molecular weight is 308 g/mol. The fourth-order valence-corrected chi connectivity index (χ4v) is 2.19. The number of carbonyl (C=O) groups is 1. The van der Waals surface area contributed by atoms with Gasteiger partial charge in [0.2, 0.25) is 5.91 Å². The lowest BCUT2D eigenvalue weighted by atomic mass is 10.1. The molecule has 110 valence electrons. The van der Waals surface area contributed by atoms with Gasteiger partial charge in [0.15, 0.2) is 0 Å². The molecule has 1 N–H and O–H groups in total. The van der Waals surface area contributed by atoms with Crippen molar-refractivity contribution in [3.05, 3.63) is 64.4 Å². The Hall–Kier alpha value is -2.07. The van der Waals surface area contributed by atoms with E-state index in [2.05, 4.69) is 5.32 Å². The van der Waals surface area contributed by atoms with Crippen LogP contribution in [0, 0.1) is 5.82 Å². The summed E-state index contributed by atoms with van der Waals surface area (Å²) in [5, 5.41) is 3.33. The Balaban J connectivity index is 1.96. The highest BCUT2D eigenvalue weighted by molar-refractivity contribution is 6.30. The van der Waals surface area contributed by atoms with Gasteiger partial charge in [0.25, 0.3) is 0 Å². The molecule has 0 aliphatic heterocycles. The number of methoxy groups -OCH3 is 1. The zero-order valence-corrected chi connectivity index (χ0v) is 12.3. The van der Waals surface area contributed by atoms with Crippen molar-refractivity contribution in [2.45, 2.75) is 13.0 Å². The van der Waals surface area contributed by atoms with E-state index in [4.69, 9.17) is 16.3 Å². The first kappa shape index (κ1) is 15.3. The Kier molecular flexibility index (Phi) is 5.17. The summed E-state index contributed by atoms with van der Waals surface area (Å²) >= 11 is 5.87. The summed E-state index contributed by atoms with van der Waals surface area (Å²) in [4.78, 5) is 11.9. The van der Waals surface area contributed by atoms with E-state index in [1.54, 1.807) is 18.2 Å². The fourth-order valence-electron chi connectivity index (χ4n) is 1.97. The van der Waals surface area contributed by atoms with Crippen LogP contribution < -0.4 is 10.1 Å². The third-order valence-corrected chi connectivity index (χ3v) is 3.21. The highest BCUT2D eigenvalue weighted by Gasteiger charge is 2.08. The van der Waals surface area contributed by atoms with E-state index < -0.39 is 0 Å². The van der Waals surface area contributed by atoms with Gasteiger partial charge in [-0.1, -0.05) is 23.7 Å². The van der Waals surface area contributed by atoms with Crippen molar-refractivity contribution in [2.24, 2.45) is 0 Å². The predicted octanol–water partition coefficient (Wildman–Crippen LogP) is 3.35. The largest absolute Gasteiger partial charge is 0.496 e. The SMILES string of the molecule is COc1ccc(F)cc1CNC(=O)Cc1cccc(Cl)c1. The van der Waals surface area contributed by atoms with Gasteiger partial charge in [0.1, 0.15) is 11.6 Å². The van der Waals surface area contributed by atoms with Gasteiger partial charge in [0.05, 0.1) is 13.5 Å². The second kappa shape index (κ2) is 7.09. The van der Waals surface area contributed by atoms with Crippen molar-refractivity contribution in [1.29, 1.82) is 0 Å². The van der Waals surface area contributed by atoms with Gasteiger partial charge in [-0.25, -0.2) is 4.39 Å². The summed E-state index contributed by atoms with van der Waals surface area (Å²) in [5.41, 5.74) is 1.42. The molecule has 0 saturated heterocycles. The molecule has 3 nitrogen and oxygen atoms in total. The number of rotatable bonds is 5. The van der Waals surface area contributed by atoms with Crippen LogP contribution in [0.2, 0.25) is 5.02 Å². The number of nitrogens with one attached hydrogen (secondary N) is 1. The first-order valence-corrected chi connectivity index (χ1v) is 6.80. The van der Waals surface area contributed by atoms with E-state index in [1.165, 1.54) is 25.3 Å². The highest BCUT2D eigenvalue weighted by atomic mass is 35.5. The lowest BCUT2D eigenvalue weighted by molar-refractivity contribution is -0.120. The van der Waals surface area contributed by atoms with E-state index >= 15 is 0 Å². The Labute approximate surface area is 127 Å². The quantitative estimate of drug-likeness (QED) is 0.920. The maximum absolute atomic E-state index is 13.2. The van der Waals surface area contributed by atoms with Crippen LogP contribution in [0.4, 0.5) is 4.39 Å². The Morgan fingerprint density at radius 3 is 2.81 bits per heavy atom. The first-order chi connectivity index (χ1) is 10.1. The number of hydrogen-bond acceptors (Lipinski definition) is 2. The van der Waals surface area contributed by atoms with Crippen molar-refractivity contribution in [1.82, 2.24) is 5.32 Å². The minimum atomic E-state index is -0.366. The van der Waals surface area contributed by atoms with Gasteiger partial charge >= 0.3 is 0 Å². The Bertz CT molecular complexity index is 646. The normalized spacial score (nSPS) is 10.2. The van der Waals surface area contributed by atoms with Crippen LogP contribution in [0.5, 0.6) is 5.75 Å². The van der Waals surface area contributed by atoms with Crippen molar-refractivity contribution >= 4 is 17.5 Å². The van der Waals surface area contributed by atoms with Gasteiger partial charge in [0, 0.05) is 17.1 Å². The molecule has 0 unspecified atom stereocenters. The minimum Gasteiger partial charge on any atom is -0.496 e. The van der Waals surface area contributed by atoms with Crippen LogP contribution in [0.15, 0.2) is 42.5 Å². The van der Waals surface area contributed by atoms with Gasteiger partial charge < -0.3 is 10.1 Å². The van der Waals surface area contributed by atoms with E-state index in [-0.39, 0.29) is 24.7 Å². The van der Waals surface area contributed by atoms with Crippen molar-refractivity contribution in [3.8, 4) is 5.75 Å². The van der Waals surface area contributed by atoms with Gasteiger partial charge in [-0.05, 0) is 35.9 Å². The summed E-state index contributed by atoms with van der Waals surface area (Å²) in [6, 6.07) is 11.3. The van der Waals surface area contributed by atoms with Crippen LogP contribution >= 0.6 is 11.6 Å². The molecule has 21 heavy (non-hydrogen) atoms. The molecule has 2 aromatic carbocycles. The van der Waals surface area contributed by atoms with Crippen LogP contribution in [-0.2, 0) is 17.8 Å². The molecule has 0 radical (unpaired) electrons. The molecular formula is C16H15ClFNO2. The summed E-state index contributed by atoms with van der Waals surface area (Å²) in [6.45, 7) is 0.209. The topological polar surface area (TPSA) is 38.3 Å². The molecule has 2 rings (SSSR count). The molecule has 0 aliphatic rings. The Morgan fingerprint density at radius 1 is 1.29 bits per heavy atom. The van der Waals surface area contributed by atoms with Gasteiger partial charge in [-0.2, -0.15) is 0 Å². The number of hydrogen-bond donors (Lipinski definition) is 1. The molecule has 0 aliphatic carbocycles. The monoisotopic (exact) mass is 307 g/mol. The van der Waals surface area contributed by atoms with Gasteiger partial charge in [-0.3, -0.25) is 4.79 Å². The molecule has 0 spiro atoms. The van der Waals surface area contributed by atoms with Crippen LogP contribution in [0.3, 0.4) is 0 Å². The summed E-state index contributed by atoms with van der Waals surface area (Å²) in [5.74, 6) is 0.0120.